The first kappa shape index (κ1) is 19.3. The monoisotopic (exact) mass is 400 g/mol. The number of nitrogens with zero attached hydrogens (tertiary/aromatic N) is 1. The van der Waals surface area contributed by atoms with Crippen molar-refractivity contribution < 1.29 is 14.0 Å². The van der Waals surface area contributed by atoms with Crippen LogP contribution in [0.4, 0.5) is 10.1 Å². The lowest BCUT2D eigenvalue weighted by Crippen LogP contribution is -2.44. The van der Waals surface area contributed by atoms with Crippen LogP contribution in [0.15, 0.2) is 53.4 Å². The maximum absolute atomic E-state index is 13.0. The lowest BCUT2D eigenvalue weighted by Gasteiger charge is -2.22. The van der Waals surface area contributed by atoms with Gasteiger partial charge in [-0.3, -0.25) is 14.5 Å². The Kier molecular flexibility index (Phi) is 5.72. The summed E-state index contributed by atoms with van der Waals surface area (Å²) in [5.74, 6) is -1.08. The molecule has 7 heteroatoms. The molecule has 1 heterocycles. The molecule has 1 N–H and O–H groups in total. The molecule has 3 rings (SSSR count). The summed E-state index contributed by atoms with van der Waals surface area (Å²) in [5, 5.41) is 2.67. The number of hydrogen-bond donors (Lipinski definition) is 1. The van der Waals surface area contributed by atoms with Crippen molar-refractivity contribution in [3.8, 4) is 0 Å². The average molecular weight is 401 g/mol. The first-order valence-corrected chi connectivity index (χ1v) is 9.48. The van der Waals surface area contributed by atoms with E-state index in [-0.39, 0.29) is 11.7 Å². The highest BCUT2D eigenvalue weighted by Gasteiger charge is 2.38. The van der Waals surface area contributed by atoms with Crippen LogP contribution in [0.3, 0.4) is 0 Å². The number of carbonyl (C=O) groups is 2. The van der Waals surface area contributed by atoms with Gasteiger partial charge in [0, 0.05) is 5.69 Å². The molecular formula is C20H17FN2O2S2. The second-order valence-corrected chi connectivity index (χ2v) is 7.76. The van der Waals surface area contributed by atoms with Crippen molar-refractivity contribution in [2.45, 2.75) is 19.9 Å². The molecular weight excluding hydrogens is 383 g/mol. The Morgan fingerprint density at radius 1 is 1.22 bits per heavy atom. The van der Waals surface area contributed by atoms with Crippen molar-refractivity contribution in [3.05, 3.63) is 70.4 Å². The molecule has 2 aromatic rings. The molecule has 0 bridgehead atoms. The molecule has 1 unspecified atom stereocenters. The van der Waals surface area contributed by atoms with Gasteiger partial charge in [-0.05, 0) is 55.3 Å². The molecule has 138 valence electrons. The van der Waals surface area contributed by atoms with Crippen molar-refractivity contribution in [2.75, 3.05) is 5.32 Å². The number of rotatable bonds is 4. The summed E-state index contributed by atoms with van der Waals surface area (Å²) in [6, 6.07) is 12.4. The second-order valence-electron chi connectivity index (χ2n) is 6.08. The molecule has 1 fully saturated rings. The van der Waals surface area contributed by atoms with Crippen LogP contribution in [0.5, 0.6) is 0 Å². The zero-order chi connectivity index (χ0) is 19.6. The topological polar surface area (TPSA) is 49.4 Å². The number of halogens is 1. The van der Waals surface area contributed by atoms with Crippen LogP contribution in [0, 0.1) is 12.7 Å². The van der Waals surface area contributed by atoms with Crippen LogP contribution in [-0.4, -0.2) is 27.1 Å². The first-order chi connectivity index (χ1) is 12.9. The van der Waals surface area contributed by atoms with Gasteiger partial charge in [-0.25, -0.2) is 4.39 Å². The van der Waals surface area contributed by atoms with Crippen molar-refractivity contribution >= 4 is 51.9 Å². The Bertz CT molecular complexity index is 941. The maximum atomic E-state index is 13.0. The first-order valence-electron chi connectivity index (χ1n) is 8.26. The van der Waals surface area contributed by atoms with E-state index in [1.807, 2.05) is 31.2 Å². The Morgan fingerprint density at radius 3 is 2.56 bits per heavy atom. The summed E-state index contributed by atoms with van der Waals surface area (Å²) in [6.45, 7) is 3.58. The number of aryl methyl sites for hydroxylation is 1. The van der Waals surface area contributed by atoms with Gasteiger partial charge in [-0.15, -0.1) is 0 Å². The normalized spacial score (nSPS) is 16.7. The van der Waals surface area contributed by atoms with Gasteiger partial charge >= 0.3 is 0 Å². The van der Waals surface area contributed by atoms with Gasteiger partial charge in [0.2, 0.25) is 5.91 Å². The Labute approximate surface area is 166 Å². The number of benzene rings is 2. The van der Waals surface area contributed by atoms with Gasteiger partial charge < -0.3 is 5.32 Å². The third kappa shape index (κ3) is 4.26. The Balaban J connectivity index is 1.77. The van der Waals surface area contributed by atoms with E-state index < -0.39 is 11.9 Å². The SMILES string of the molecule is Cc1ccccc1/C=C1\SC(=S)N(C(C)C(=O)Nc2ccc(F)cc2)C1=O. The molecule has 1 aliphatic rings. The highest BCUT2D eigenvalue weighted by atomic mass is 32.2. The number of thioether (sulfide) groups is 1. The Hall–Kier alpha value is -2.51. The fourth-order valence-electron chi connectivity index (χ4n) is 2.60. The summed E-state index contributed by atoms with van der Waals surface area (Å²) in [7, 11) is 0. The standard InChI is InChI=1S/C20H17FN2O2S2/c1-12-5-3-4-6-14(12)11-17-19(25)23(20(26)27-17)13(2)18(24)22-16-9-7-15(21)8-10-16/h3-11,13H,1-2H3,(H,22,24)/b17-11-. The van der Waals surface area contributed by atoms with E-state index >= 15 is 0 Å². The van der Waals surface area contributed by atoms with Crippen LogP contribution < -0.4 is 5.32 Å². The van der Waals surface area contributed by atoms with E-state index in [9.17, 15) is 14.0 Å². The van der Waals surface area contributed by atoms with Gasteiger partial charge in [0.15, 0.2) is 0 Å². The van der Waals surface area contributed by atoms with Gasteiger partial charge in [-0.1, -0.05) is 48.2 Å². The van der Waals surface area contributed by atoms with Gasteiger partial charge in [0.1, 0.15) is 16.2 Å². The Morgan fingerprint density at radius 2 is 1.89 bits per heavy atom. The van der Waals surface area contributed by atoms with Gasteiger partial charge in [0.05, 0.1) is 4.91 Å². The number of anilines is 1. The van der Waals surface area contributed by atoms with Gasteiger partial charge in [-0.2, -0.15) is 0 Å². The van der Waals surface area contributed by atoms with Crippen molar-refractivity contribution in [1.82, 2.24) is 4.90 Å². The minimum absolute atomic E-state index is 0.296. The molecule has 0 aliphatic carbocycles. The zero-order valence-corrected chi connectivity index (χ0v) is 16.4. The molecule has 1 aliphatic heterocycles. The number of thiocarbonyl (C=S) groups is 1. The van der Waals surface area contributed by atoms with Crippen LogP contribution >= 0.6 is 24.0 Å². The lowest BCUT2D eigenvalue weighted by atomic mass is 10.1. The second kappa shape index (κ2) is 8.02. The lowest BCUT2D eigenvalue weighted by molar-refractivity contribution is -0.129. The van der Waals surface area contributed by atoms with E-state index in [4.69, 9.17) is 12.2 Å². The summed E-state index contributed by atoms with van der Waals surface area (Å²) in [6.07, 6.45) is 1.79. The maximum Gasteiger partial charge on any atom is 0.266 e. The summed E-state index contributed by atoms with van der Waals surface area (Å²) >= 11 is 6.50. The quantitative estimate of drug-likeness (QED) is 0.612. The predicted molar refractivity (Wildman–Crippen MR) is 111 cm³/mol. The minimum Gasteiger partial charge on any atom is -0.324 e. The van der Waals surface area contributed by atoms with Crippen molar-refractivity contribution in [2.24, 2.45) is 0 Å². The third-order valence-corrected chi connectivity index (χ3v) is 5.51. The summed E-state index contributed by atoms with van der Waals surface area (Å²) in [4.78, 5) is 27.1. The predicted octanol–water partition coefficient (Wildman–Crippen LogP) is 4.36. The van der Waals surface area contributed by atoms with E-state index in [1.54, 1.807) is 13.0 Å². The fraction of sp³-hybridized carbons (Fsp3) is 0.150. The highest BCUT2D eigenvalue weighted by Crippen LogP contribution is 2.34. The molecule has 1 saturated heterocycles. The largest absolute Gasteiger partial charge is 0.324 e. The third-order valence-electron chi connectivity index (χ3n) is 4.18. The average Bonchev–Trinajstić information content (AvgIpc) is 2.92. The fourth-order valence-corrected chi connectivity index (χ4v) is 4.01. The van der Waals surface area contributed by atoms with E-state index in [0.29, 0.717) is 14.9 Å². The minimum atomic E-state index is -0.787. The zero-order valence-electron chi connectivity index (χ0n) is 14.7. The van der Waals surface area contributed by atoms with Crippen LogP contribution in [0.1, 0.15) is 18.1 Å². The van der Waals surface area contributed by atoms with Crippen LogP contribution in [0.2, 0.25) is 0 Å². The number of amides is 2. The van der Waals surface area contributed by atoms with Crippen molar-refractivity contribution in [1.29, 1.82) is 0 Å². The smallest absolute Gasteiger partial charge is 0.266 e. The van der Waals surface area contributed by atoms with Gasteiger partial charge in [0.25, 0.3) is 5.91 Å². The van der Waals surface area contributed by atoms with Crippen molar-refractivity contribution in [3.63, 3.8) is 0 Å². The summed E-state index contributed by atoms with van der Waals surface area (Å²) < 4.78 is 13.3. The number of hydrogen-bond acceptors (Lipinski definition) is 4. The number of nitrogens with one attached hydrogen (secondary N) is 1. The molecule has 0 saturated carbocycles. The number of carbonyl (C=O) groups excluding carboxylic acids is 2. The highest BCUT2D eigenvalue weighted by molar-refractivity contribution is 8.26. The molecule has 2 amide bonds. The van der Waals surface area contributed by atoms with Crippen LogP contribution in [-0.2, 0) is 9.59 Å². The molecule has 2 aromatic carbocycles. The molecule has 0 radical (unpaired) electrons. The molecule has 1 atom stereocenters. The molecule has 0 spiro atoms. The van der Waals surface area contributed by atoms with Crippen LogP contribution in [0.25, 0.3) is 6.08 Å². The van der Waals surface area contributed by atoms with E-state index in [0.717, 1.165) is 11.1 Å². The van der Waals surface area contributed by atoms with E-state index in [2.05, 4.69) is 5.32 Å². The molecule has 0 aromatic heterocycles. The molecule has 27 heavy (non-hydrogen) atoms. The summed E-state index contributed by atoms with van der Waals surface area (Å²) in [5.41, 5.74) is 2.43. The molecule has 4 nitrogen and oxygen atoms in total. The van der Waals surface area contributed by atoms with E-state index in [1.165, 1.54) is 40.9 Å².